The molecule has 0 saturated carbocycles. The first kappa shape index (κ1) is 20.1. The first-order chi connectivity index (χ1) is 9.07. The number of aliphatic hydroxyl groups is 4. The number of hydrogen-bond donors (Lipinski definition) is 5. The minimum Gasteiger partial charge on any atom is -0.394 e. The Morgan fingerprint density at radius 1 is 1.05 bits per heavy atom. The number of β-amino-alcohol motifs (C(OH)–C–C–N with tert-alkyl or cyclic N) is 1. The largest absolute Gasteiger partial charge is 0.394 e. The summed E-state index contributed by atoms with van der Waals surface area (Å²) in [6, 6.07) is 0. The molecule has 0 spiro atoms. The lowest BCUT2D eigenvalue weighted by Crippen LogP contribution is -2.69. The maximum atomic E-state index is 10.1. The van der Waals surface area contributed by atoms with Gasteiger partial charge in [0.15, 0.2) is 0 Å². The van der Waals surface area contributed by atoms with Gasteiger partial charge in [-0.05, 0) is 6.42 Å². The second-order valence-corrected chi connectivity index (χ2v) is 5.72. The maximum Gasteiger partial charge on any atom is 0.109 e. The zero-order valence-electron chi connectivity index (χ0n) is 12.3. The number of piperidine rings is 1. The third kappa shape index (κ3) is 5.13. The van der Waals surface area contributed by atoms with E-state index < -0.39 is 23.9 Å². The van der Waals surface area contributed by atoms with Crippen LogP contribution in [0.5, 0.6) is 0 Å². The molecule has 20 heavy (non-hydrogen) atoms. The summed E-state index contributed by atoms with van der Waals surface area (Å²) in [6.45, 7) is 2.15. The highest BCUT2D eigenvalue weighted by Gasteiger charge is 2.46. The van der Waals surface area contributed by atoms with E-state index in [4.69, 9.17) is 0 Å². The monoisotopic (exact) mass is 311 g/mol. The molecule has 0 unspecified atom stereocenters. The van der Waals surface area contributed by atoms with E-state index in [9.17, 15) is 20.4 Å². The van der Waals surface area contributed by atoms with Gasteiger partial charge in [-0.15, -0.1) is 12.4 Å². The summed E-state index contributed by atoms with van der Waals surface area (Å²) in [5.74, 6) is 0. The predicted molar refractivity (Wildman–Crippen MR) is 81.1 cm³/mol. The molecule has 0 aromatic carbocycles. The maximum absolute atomic E-state index is 10.1. The van der Waals surface area contributed by atoms with Crippen molar-refractivity contribution in [3.05, 3.63) is 0 Å². The molecule has 0 amide bonds. The van der Waals surface area contributed by atoms with E-state index in [1.54, 1.807) is 0 Å². The van der Waals surface area contributed by atoms with E-state index in [2.05, 4.69) is 12.2 Å². The molecule has 0 bridgehead atoms. The standard InChI is InChI=1S/C14H29NO4.ClH/c1-2-3-4-5-6-7-8-14(10-16)13(19)12(18)11(17)9-15-14;/h11-13,15-19H,2-10H2,1H3;1H/t11-,12+,13-,14+;/m0./s1. The topological polar surface area (TPSA) is 93.0 Å². The third-order valence-corrected chi connectivity index (χ3v) is 4.21. The van der Waals surface area contributed by atoms with Crippen molar-refractivity contribution in [2.24, 2.45) is 0 Å². The van der Waals surface area contributed by atoms with E-state index in [1.807, 2.05) is 0 Å². The van der Waals surface area contributed by atoms with E-state index in [1.165, 1.54) is 19.3 Å². The second kappa shape index (κ2) is 9.92. The van der Waals surface area contributed by atoms with Crippen LogP contribution in [0.15, 0.2) is 0 Å². The van der Waals surface area contributed by atoms with Crippen LogP contribution in [0.3, 0.4) is 0 Å². The zero-order valence-corrected chi connectivity index (χ0v) is 13.1. The Kier molecular flexibility index (Phi) is 9.97. The van der Waals surface area contributed by atoms with E-state index in [0.29, 0.717) is 6.42 Å². The molecule has 1 heterocycles. The fraction of sp³-hybridized carbons (Fsp3) is 1.00. The summed E-state index contributed by atoms with van der Waals surface area (Å²) in [6.07, 6.45) is 4.13. The summed E-state index contributed by atoms with van der Waals surface area (Å²) in [7, 11) is 0. The molecule has 5 nitrogen and oxygen atoms in total. The number of rotatable bonds is 8. The Labute approximate surface area is 127 Å². The van der Waals surface area contributed by atoms with Gasteiger partial charge in [0.2, 0.25) is 0 Å². The number of aliphatic hydroxyl groups excluding tert-OH is 4. The fourth-order valence-corrected chi connectivity index (χ4v) is 2.76. The Morgan fingerprint density at radius 2 is 1.65 bits per heavy atom. The number of hydrogen-bond acceptors (Lipinski definition) is 5. The van der Waals surface area contributed by atoms with Crippen LogP contribution in [0.25, 0.3) is 0 Å². The summed E-state index contributed by atoms with van der Waals surface area (Å²) in [4.78, 5) is 0. The summed E-state index contributed by atoms with van der Waals surface area (Å²) in [5, 5.41) is 41.8. The molecule has 0 aliphatic carbocycles. The van der Waals surface area contributed by atoms with Gasteiger partial charge in [0.05, 0.1) is 18.2 Å². The third-order valence-electron chi connectivity index (χ3n) is 4.21. The molecule has 0 aromatic rings. The van der Waals surface area contributed by atoms with Crippen LogP contribution < -0.4 is 5.32 Å². The van der Waals surface area contributed by atoms with Crippen LogP contribution >= 0.6 is 12.4 Å². The van der Waals surface area contributed by atoms with Gasteiger partial charge in [0, 0.05) is 6.54 Å². The van der Waals surface area contributed by atoms with Crippen molar-refractivity contribution in [1.82, 2.24) is 5.32 Å². The zero-order chi connectivity index (χ0) is 14.3. The molecule has 1 saturated heterocycles. The molecule has 1 rings (SSSR count). The van der Waals surface area contributed by atoms with Crippen LogP contribution in [-0.4, -0.2) is 57.4 Å². The number of unbranched alkanes of at least 4 members (excludes halogenated alkanes) is 5. The Bertz CT molecular complexity index is 257. The molecule has 0 aromatic heterocycles. The van der Waals surface area contributed by atoms with Crippen molar-refractivity contribution in [1.29, 1.82) is 0 Å². The van der Waals surface area contributed by atoms with Crippen molar-refractivity contribution in [2.45, 2.75) is 75.7 Å². The van der Waals surface area contributed by atoms with E-state index in [0.717, 1.165) is 19.3 Å². The molecule has 1 fully saturated rings. The van der Waals surface area contributed by atoms with E-state index >= 15 is 0 Å². The number of nitrogens with one attached hydrogen (secondary N) is 1. The molecular formula is C14H30ClNO4. The average molecular weight is 312 g/mol. The van der Waals surface area contributed by atoms with Crippen LogP contribution in [0, 0.1) is 0 Å². The molecule has 4 atom stereocenters. The van der Waals surface area contributed by atoms with Crippen LogP contribution in [-0.2, 0) is 0 Å². The van der Waals surface area contributed by atoms with Gasteiger partial charge in [0.25, 0.3) is 0 Å². The van der Waals surface area contributed by atoms with Gasteiger partial charge in [-0.25, -0.2) is 0 Å². The molecule has 5 N–H and O–H groups in total. The van der Waals surface area contributed by atoms with Crippen molar-refractivity contribution >= 4 is 12.4 Å². The van der Waals surface area contributed by atoms with Gasteiger partial charge in [-0.1, -0.05) is 45.4 Å². The first-order valence-electron chi connectivity index (χ1n) is 7.47. The average Bonchev–Trinajstić information content (AvgIpc) is 2.43. The van der Waals surface area contributed by atoms with Gasteiger partial charge in [0.1, 0.15) is 12.2 Å². The van der Waals surface area contributed by atoms with Gasteiger partial charge >= 0.3 is 0 Å². The predicted octanol–water partition coefficient (Wildman–Crippen LogP) is 0.576. The molecule has 1 aliphatic rings. The smallest absolute Gasteiger partial charge is 0.109 e. The lowest BCUT2D eigenvalue weighted by Gasteiger charge is -2.45. The van der Waals surface area contributed by atoms with E-state index in [-0.39, 0.29) is 25.6 Å². The minimum absolute atomic E-state index is 0. The molecule has 1 aliphatic heterocycles. The lowest BCUT2D eigenvalue weighted by atomic mass is 9.79. The Balaban J connectivity index is 0.00000361. The first-order valence-corrected chi connectivity index (χ1v) is 7.47. The highest BCUT2D eigenvalue weighted by molar-refractivity contribution is 5.85. The Hall–Kier alpha value is 0.0900. The second-order valence-electron chi connectivity index (χ2n) is 5.72. The molecule has 6 heteroatoms. The van der Waals surface area contributed by atoms with Gasteiger partial charge in [-0.2, -0.15) is 0 Å². The quantitative estimate of drug-likeness (QED) is 0.423. The van der Waals surface area contributed by atoms with Gasteiger partial charge in [-0.3, -0.25) is 0 Å². The van der Waals surface area contributed by atoms with Crippen LogP contribution in [0.1, 0.15) is 51.9 Å². The normalized spacial score (nSPS) is 33.8. The fourth-order valence-electron chi connectivity index (χ4n) is 2.76. The number of halogens is 1. The van der Waals surface area contributed by atoms with Crippen LogP contribution in [0.4, 0.5) is 0 Å². The lowest BCUT2D eigenvalue weighted by molar-refractivity contribution is -0.135. The molecule has 0 radical (unpaired) electrons. The van der Waals surface area contributed by atoms with Crippen molar-refractivity contribution in [2.75, 3.05) is 13.2 Å². The summed E-state index contributed by atoms with van der Waals surface area (Å²) < 4.78 is 0. The highest BCUT2D eigenvalue weighted by Crippen LogP contribution is 2.26. The SMILES string of the molecule is CCCCCCCC[C@]1(CO)NC[C@H](O)[C@@H](O)[C@@H]1O.Cl. The summed E-state index contributed by atoms with van der Waals surface area (Å²) >= 11 is 0. The molecular weight excluding hydrogens is 282 g/mol. The molecule has 122 valence electrons. The van der Waals surface area contributed by atoms with Crippen LogP contribution in [0.2, 0.25) is 0 Å². The van der Waals surface area contributed by atoms with Crippen molar-refractivity contribution in [3.63, 3.8) is 0 Å². The minimum atomic E-state index is -1.19. The van der Waals surface area contributed by atoms with Gasteiger partial charge < -0.3 is 25.7 Å². The Morgan fingerprint density at radius 3 is 2.25 bits per heavy atom. The van der Waals surface area contributed by atoms with Crippen molar-refractivity contribution in [3.8, 4) is 0 Å². The highest BCUT2D eigenvalue weighted by atomic mass is 35.5. The van der Waals surface area contributed by atoms with Crippen molar-refractivity contribution < 1.29 is 20.4 Å². The summed E-state index contributed by atoms with van der Waals surface area (Å²) in [5.41, 5.74) is -0.872.